The number of carbonyl (C=O) groups is 2. The lowest BCUT2D eigenvalue weighted by Gasteiger charge is -2.34. The third-order valence-electron chi connectivity index (χ3n) is 6.09. The van der Waals surface area contributed by atoms with E-state index in [0.717, 1.165) is 55.9 Å². The van der Waals surface area contributed by atoms with E-state index in [1.165, 1.54) is 0 Å². The quantitative estimate of drug-likeness (QED) is 0.350. The molecule has 1 aliphatic carbocycles. The molecule has 2 aromatic heterocycles. The number of hydrogen-bond donors (Lipinski definition) is 3. The molecule has 2 fully saturated rings. The van der Waals surface area contributed by atoms with Crippen molar-refractivity contribution in [1.29, 1.82) is 0 Å². The van der Waals surface area contributed by atoms with Gasteiger partial charge in [-0.25, -0.2) is 4.98 Å². The molecule has 0 atom stereocenters. The lowest BCUT2D eigenvalue weighted by atomic mass is 9.80. The van der Waals surface area contributed by atoms with Crippen molar-refractivity contribution in [3.8, 4) is 0 Å². The minimum Gasteiger partial charge on any atom is -0.395 e. The van der Waals surface area contributed by atoms with E-state index in [4.69, 9.17) is 5.11 Å². The van der Waals surface area contributed by atoms with Gasteiger partial charge in [0.1, 0.15) is 5.65 Å². The molecule has 1 saturated heterocycles. The van der Waals surface area contributed by atoms with Gasteiger partial charge < -0.3 is 15.4 Å². The maximum atomic E-state index is 12.6. The van der Waals surface area contributed by atoms with Crippen molar-refractivity contribution in [1.82, 2.24) is 25.1 Å². The fourth-order valence-electron chi connectivity index (χ4n) is 4.37. The maximum absolute atomic E-state index is 12.6. The van der Waals surface area contributed by atoms with Crippen LogP contribution in [0.25, 0.3) is 11.0 Å². The van der Waals surface area contributed by atoms with Crippen molar-refractivity contribution in [3.05, 3.63) is 41.9 Å². The molecule has 3 N–H and O–H groups in total. The molecule has 30 heavy (non-hydrogen) atoms. The molecule has 2 aromatic rings. The standard InChI is InChI=1S/C22H29N5O3/c28-11-10-27-8-6-26(7-9-27)5-4-23-14-19-20(29)12-16(13-21(19)30)18-15-25-22-17(18)2-1-3-24-22/h1-3,14-16,23,28H,4-13H2,(H,24,25). The van der Waals surface area contributed by atoms with Crippen LogP contribution in [-0.4, -0.2) is 88.9 Å². The molecule has 0 radical (unpaired) electrons. The molecule has 0 unspecified atom stereocenters. The van der Waals surface area contributed by atoms with E-state index in [0.29, 0.717) is 19.4 Å². The summed E-state index contributed by atoms with van der Waals surface area (Å²) in [4.78, 5) is 37.3. The average molecular weight is 412 g/mol. The van der Waals surface area contributed by atoms with Crippen LogP contribution in [0.5, 0.6) is 0 Å². The molecule has 0 bridgehead atoms. The summed E-state index contributed by atoms with van der Waals surface area (Å²) in [5, 5.41) is 13.2. The smallest absolute Gasteiger partial charge is 0.168 e. The number of nitrogens with zero attached hydrogens (tertiary/aromatic N) is 3. The fourth-order valence-corrected chi connectivity index (χ4v) is 4.37. The number of carbonyl (C=O) groups excluding carboxylic acids is 2. The lowest BCUT2D eigenvalue weighted by molar-refractivity contribution is -0.124. The molecule has 1 saturated carbocycles. The molecule has 1 aliphatic heterocycles. The second kappa shape index (κ2) is 9.51. The Hall–Kier alpha value is -2.55. The molecule has 0 amide bonds. The molecule has 160 valence electrons. The van der Waals surface area contributed by atoms with Crippen LogP contribution in [0.15, 0.2) is 36.3 Å². The number of rotatable bonds is 7. The van der Waals surface area contributed by atoms with E-state index in [1.54, 1.807) is 12.4 Å². The Labute approximate surface area is 176 Å². The predicted octanol–water partition coefficient (Wildman–Crippen LogP) is 0.662. The van der Waals surface area contributed by atoms with Gasteiger partial charge in [-0.05, 0) is 17.7 Å². The van der Waals surface area contributed by atoms with Crippen molar-refractivity contribution >= 4 is 22.6 Å². The number of H-pyrrole nitrogens is 1. The van der Waals surface area contributed by atoms with Gasteiger partial charge in [0.15, 0.2) is 11.6 Å². The molecular weight excluding hydrogens is 382 g/mol. The van der Waals surface area contributed by atoms with Gasteiger partial charge >= 0.3 is 0 Å². The van der Waals surface area contributed by atoms with Crippen LogP contribution < -0.4 is 5.32 Å². The zero-order valence-corrected chi connectivity index (χ0v) is 17.1. The highest BCUT2D eigenvalue weighted by molar-refractivity contribution is 6.22. The summed E-state index contributed by atoms with van der Waals surface area (Å²) < 4.78 is 0. The Morgan fingerprint density at radius 1 is 1.13 bits per heavy atom. The minimum atomic E-state index is -0.102. The van der Waals surface area contributed by atoms with E-state index < -0.39 is 0 Å². The van der Waals surface area contributed by atoms with Crippen LogP contribution in [0.1, 0.15) is 24.3 Å². The third kappa shape index (κ3) is 4.61. The molecular formula is C22H29N5O3. The van der Waals surface area contributed by atoms with Gasteiger partial charge in [0, 0.05) is 88.6 Å². The normalized spacial score (nSPS) is 21.4. The number of β-amino-alcohol motifs (C(OH)–C–C–N with tert-alkyl or cyclic N) is 1. The summed E-state index contributed by atoms with van der Waals surface area (Å²) in [5.41, 5.74) is 2.07. The summed E-state index contributed by atoms with van der Waals surface area (Å²) in [5.74, 6) is -0.297. The highest BCUT2D eigenvalue weighted by atomic mass is 16.3. The van der Waals surface area contributed by atoms with Crippen LogP contribution in [-0.2, 0) is 9.59 Å². The first-order valence-electron chi connectivity index (χ1n) is 10.6. The van der Waals surface area contributed by atoms with Crippen molar-refractivity contribution in [2.24, 2.45) is 0 Å². The van der Waals surface area contributed by atoms with E-state index in [-0.39, 0.29) is 29.7 Å². The number of aliphatic hydroxyl groups excluding tert-OH is 1. The monoisotopic (exact) mass is 411 g/mol. The van der Waals surface area contributed by atoms with Gasteiger partial charge in [-0.2, -0.15) is 0 Å². The largest absolute Gasteiger partial charge is 0.395 e. The number of ketones is 2. The van der Waals surface area contributed by atoms with Crippen LogP contribution >= 0.6 is 0 Å². The van der Waals surface area contributed by atoms with Gasteiger partial charge in [0.25, 0.3) is 0 Å². The molecule has 0 aromatic carbocycles. The number of aliphatic hydroxyl groups is 1. The zero-order chi connectivity index (χ0) is 20.9. The lowest BCUT2D eigenvalue weighted by Crippen LogP contribution is -2.48. The van der Waals surface area contributed by atoms with Gasteiger partial charge in [-0.1, -0.05) is 0 Å². The Balaban J connectivity index is 1.28. The summed E-state index contributed by atoms with van der Waals surface area (Å²) in [7, 11) is 0. The number of pyridine rings is 1. The van der Waals surface area contributed by atoms with Crippen molar-refractivity contribution in [2.45, 2.75) is 18.8 Å². The van der Waals surface area contributed by atoms with Crippen LogP contribution in [0.4, 0.5) is 0 Å². The summed E-state index contributed by atoms with van der Waals surface area (Å²) in [6.07, 6.45) is 5.89. The van der Waals surface area contributed by atoms with Gasteiger partial charge in [-0.3, -0.25) is 19.4 Å². The third-order valence-corrected chi connectivity index (χ3v) is 6.09. The number of aromatic nitrogens is 2. The number of aromatic amines is 1. The Kier molecular flexibility index (Phi) is 6.56. The number of fused-ring (bicyclic) bond motifs is 1. The van der Waals surface area contributed by atoms with Crippen LogP contribution in [0, 0.1) is 0 Å². The second-order valence-corrected chi connectivity index (χ2v) is 8.01. The summed E-state index contributed by atoms with van der Waals surface area (Å²) >= 11 is 0. The highest BCUT2D eigenvalue weighted by Crippen LogP contribution is 2.34. The van der Waals surface area contributed by atoms with Crippen LogP contribution in [0.2, 0.25) is 0 Å². The van der Waals surface area contributed by atoms with Gasteiger partial charge in [0.05, 0.1) is 12.2 Å². The number of hydrogen-bond acceptors (Lipinski definition) is 7. The number of allylic oxidation sites excluding steroid dienone is 1. The van der Waals surface area contributed by atoms with Gasteiger partial charge in [-0.15, -0.1) is 0 Å². The highest BCUT2D eigenvalue weighted by Gasteiger charge is 2.32. The molecule has 4 rings (SSSR count). The average Bonchev–Trinajstić information content (AvgIpc) is 3.18. The van der Waals surface area contributed by atoms with E-state index >= 15 is 0 Å². The predicted molar refractivity (Wildman–Crippen MR) is 114 cm³/mol. The minimum absolute atomic E-state index is 0.0976. The van der Waals surface area contributed by atoms with Crippen molar-refractivity contribution in [3.63, 3.8) is 0 Å². The molecule has 3 heterocycles. The van der Waals surface area contributed by atoms with E-state index in [1.807, 2.05) is 18.3 Å². The topological polar surface area (TPSA) is 102 Å². The Morgan fingerprint density at radius 3 is 2.53 bits per heavy atom. The van der Waals surface area contributed by atoms with Crippen LogP contribution in [0.3, 0.4) is 0 Å². The molecule has 8 heteroatoms. The Morgan fingerprint density at radius 2 is 1.83 bits per heavy atom. The molecule has 2 aliphatic rings. The zero-order valence-electron chi connectivity index (χ0n) is 17.1. The molecule has 8 nitrogen and oxygen atoms in total. The summed E-state index contributed by atoms with van der Waals surface area (Å²) in [6, 6.07) is 3.84. The van der Waals surface area contributed by atoms with Crippen molar-refractivity contribution in [2.75, 3.05) is 52.4 Å². The number of Topliss-reactive ketones (excluding diaryl/α,β-unsaturated/α-hetero) is 2. The first-order chi connectivity index (χ1) is 14.7. The van der Waals surface area contributed by atoms with E-state index in [2.05, 4.69) is 25.1 Å². The first-order valence-corrected chi connectivity index (χ1v) is 10.6. The number of piperazine rings is 1. The molecule has 0 spiro atoms. The Bertz CT molecular complexity index is 910. The maximum Gasteiger partial charge on any atom is 0.168 e. The second-order valence-electron chi connectivity index (χ2n) is 8.01. The van der Waals surface area contributed by atoms with E-state index in [9.17, 15) is 9.59 Å². The van der Waals surface area contributed by atoms with Gasteiger partial charge in [0.2, 0.25) is 0 Å². The number of nitrogens with one attached hydrogen (secondary N) is 2. The first kappa shape index (κ1) is 20.7. The SMILES string of the molecule is O=C1CC(c2c[nH]c3ncccc23)CC(=O)C1=CNCCN1CCN(CCO)CC1. The van der Waals surface area contributed by atoms with Crippen molar-refractivity contribution < 1.29 is 14.7 Å². The summed E-state index contributed by atoms with van der Waals surface area (Å²) in [6.45, 7) is 6.36. The fraction of sp³-hybridized carbons (Fsp3) is 0.500.